The molecule has 0 aromatic carbocycles. The predicted octanol–water partition coefficient (Wildman–Crippen LogP) is 1.01. The van der Waals surface area contributed by atoms with Gasteiger partial charge in [0.2, 0.25) is 5.82 Å². The van der Waals surface area contributed by atoms with Gasteiger partial charge in [-0.1, -0.05) is 0 Å². The van der Waals surface area contributed by atoms with Crippen LogP contribution in [0.1, 0.15) is 29.2 Å². The highest BCUT2D eigenvalue weighted by molar-refractivity contribution is 5.85. The Kier molecular flexibility index (Phi) is 4.89. The normalized spacial score (nSPS) is 15.9. The van der Waals surface area contributed by atoms with Crippen molar-refractivity contribution in [3.05, 3.63) is 17.6 Å². The number of hydrogen-bond donors (Lipinski definition) is 1. The molecule has 0 radical (unpaired) electrons. The largest absolute Gasteiger partial charge is 0.463 e. The van der Waals surface area contributed by atoms with Crippen LogP contribution in [0.2, 0.25) is 0 Å². The molecule has 2 heterocycles. The van der Waals surface area contributed by atoms with Gasteiger partial charge < -0.3 is 15.0 Å². The van der Waals surface area contributed by atoms with Crippen molar-refractivity contribution in [2.24, 2.45) is 5.92 Å². The molecule has 1 N–H and O–H groups in total. The second kappa shape index (κ2) is 6.65. The number of nitrogens with one attached hydrogen (secondary N) is 1. The molecule has 1 aromatic heterocycles. The summed E-state index contributed by atoms with van der Waals surface area (Å²) < 4.78 is 4.69. The Bertz CT molecular complexity index is 472. The molecule has 0 bridgehead atoms. The second-order valence-electron chi connectivity index (χ2n) is 5.26. The number of hydrogen-bond acceptors (Lipinski definition) is 6. The zero-order valence-electron chi connectivity index (χ0n) is 12.3. The van der Waals surface area contributed by atoms with Crippen molar-refractivity contribution in [2.75, 3.05) is 38.7 Å². The molecular weight excluding hydrogens is 256 g/mol. The van der Waals surface area contributed by atoms with Crippen molar-refractivity contribution in [3.63, 3.8) is 0 Å². The number of aryl methyl sites for hydroxylation is 1. The fourth-order valence-electron chi connectivity index (χ4n) is 2.48. The van der Waals surface area contributed by atoms with Crippen LogP contribution in [0.3, 0.4) is 0 Å². The lowest BCUT2D eigenvalue weighted by Gasteiger charge is -2.28. The molecule has 1 aliphatic heterocycles. The predicted molar refractivity (Wildman–Crippen MR) is 77.0 cm³/mol. The molecule has 0 amide bonds. The van der Waals surface area contributed by atoms with Crippen LogP contribution < -0.4 is 10.2 Å². The molecule has 0 spiro atoms. The van der Waals surface area contributed by atoms with E-state index >= 15 is 0 Å². The first-order valence-corrected chi connectivity index (χ1v) is 6.96. The lowest BCUT2D eigenvalue weighted by atomic mass is 9.98. The molecule has 0 saturated carbocycles. The Hall–Kier alpha value is -1.69. The quantitative estimate of drug-likeness (QED) is 0.829. The SMILES string of the molecule is COC(=O)c1nc(C)cc(N(C)CC2CCNCC2)n1. The fourth-order valence-corrected chi connectivity index (χ4v) is 2.48. The summed E-state index contributed by atoms with van der Waals surface area (Å²) in [6.45, 7) is 4.96. The van der Waals surface area contributed by atoms with Crippen LogP contribution >= 0.6 is 0 Å². The monoisotopic (exact) mass is 278 g/mol. The summed E-state index contributed by atoms with van der Waals surface area (Å²) in [5.74, 6) is 1.07. The number of rotatable bonds is 4. The smallest absolute Gasteiger partial charge is 0.376 e. The van der Waals surface area contributed by atoms with Gasteiger partial charge in [-0.3, -0.25) is 0 Å². The highest BCUT2D eigenvalue weighted by atomic mass is 16.5. The molecule has 6 nitrogen and oxygen atoms in total. The van der Waals surface area contributed by atoms with E-state index in [1.54, 1.807) is 0 Å². The van der Waals surface area contributed by atoms with E-state index in [2.05, 4.69) is 24.9 Å². The van der Waals surface area contributed by atoms with Gasteiger partial charge in [-0.05, 0) is 38.8 Å². The summed E-state index contributed by atoms with van der Waals surface area (Å²) in [6.07, 6.45) is 2.36. The Morgan fingerprint density at radius 1 is 1.45 bits per heavy atom. The number of carbonyl (C=O) groups excluding carboxylic acids is 1. The van der Waals surface area contributed by atoms with Crippen molar-refractivity contribution in [1.29, 1.82) is 0 Å². The standard InChI is InChI=1S/C14H22N4O2/c1-10-8-12(17-13(16-10)14(19)20-3)18(2)9-11-4-6-15-7-5-11/h8,11,15H,4-7,9H2,1-3H3. The minimum atomic E-state index is -0.495. The molecule has 1 fully saturated rings. The van der Waals surface area contributed by atoms with Crippen molar-refractivity contribution in [2.45, 2.75) is 19.8 Å². The first kappa shape index (κ1) is 14.7. The summed E-state index contributed by atoms with van der Waals surface area (Å²) in [4.78, 5) is 22.1. The minimum Gasteiger partial charge on any atom is -0.463 e. The molecule has 1 aromatic rings. The third kappa shape index (κ3) is 3.66. The zero-order chi connectivity index (χ0) is 14.5. The second-order valence-corrected chi connectivity index (χ2v) is 5.26. The Balaban J connectivity index is 2.10. The number of ether oxygens (including phenoxy) is 1. The first-order valence-electron chi connectivity index (χ1n) is 6.96. The lowest BCUT2D eigenvalue weighted by Crippen LogP contribution is -2.35. The molecule has 6 heteroatoms. The van der Waals surface area contributed by atoms with Crippen LogP contribution in [0.4, 0.5) is 5.82 Å². The third-order valence-electron chi connectivity index (χ3n) is 3.59. The molecule has 0 aliphatic carbocycles. The highest BCUT2D eigenvalue weighted by Crippen LogP contribution is 2.17. The molecule has 0 unspecified atom stereocenters. The Labute approximate surface area is 119 Å². The third-order valence-corrected chi connectivity index (χ3v) is 3.59. The van der Waals surface area contributed by atoms with E-state index in [-0.39, 0.29) is 5.82 Å². The van der Waals surface area contributed by atoms with E-state index in [1.807, 2.05) is 20.0 Å². The fraction of sp³-hybridized carbons (Fsp3) is 0.643. The average Bonchev–Trinajstić information content (AvgIpc) is 2.46. The summed E-state index contributed by atoms with van der Waals surface area (Å²) in [5.41, 5.74) is 0.771. The van der Waals surface area contributed by atoms with Crippen LogP contribution in [-0.2, 0) is 4.74 Å². The number of methoxy groups -OCH3 is 1. The van der Waals surface area contributed by atoms with E-state index in [9.17, 15) is 4.79 Å². The van der Waals surface area contributed by atoms with Crippen LogP contribution in [0, 0.1) is 12.8 Å². The molecule has 20 heavy (non-hydrogen) atoms. The maximum Gasteiger partial charge on any atom is 0.376 e. The number of esters is 1. The van der Waals surface area contributed by atoms with Crippen LogP contribution in [-0.4, -0.2) is 49.7 Å². The topological polar surface area (TPSA) is 67.3 Å². The number of nitrogens with zero attached hydrogens (tertiary/aromatic N) is 3. The van der Waals surface area contributed by atoms with Crippen LogP contribution in [0.5, 0.6) is 0 Å². The van der Waals surface area contributed by atoms with Crippen molar-refractivity contribution in [3.8, 4) is 0 Å². The van der Waals surface area contributed by atoms with Gasteiger partial charge >= 0.3 is 5.97 Å². The maximum atomic E-state index is 11.6. The molecular formula is C14H22N4O2. The van der Waals surface area contributed by atoms with Gasteiger partial charge in [0, 0.05) is 25.4 Å². The summed E-state index contributed by atoms with van der Waals surface area (Å²) in [6, 6.07) is 1.90. The van der Waals surface area contributed by atoms with E-state index in [0.29, 0.717) is 5.92 Å². The van der Waals surface area contributed by atoms with E-state index < -0.39 is 5.97 Å². The summed E-state index contributed by atoms with van der Waals surface area (Å²) in [7, 11) is 3.34. The number of aromatic nitrogens is 2. The lowest BCUT2D eigenvalue weighted by molar-refractivity contribution is 0.0586. The van der Waals surface area contributed by atoms with Crippen molar-refractivity contribution >= 4 is 11.8 Å². The van der Waals surface area contributed by atoms with Crippen molar-refractivity contribution in [1.82, 2.24) is 15.3 Å². The van der Waals surface area contributed by atoms with Gasteiger partial charge in [-0.15, -0.1) is 0 Å². The summed E-state index contributed by atoms with van der Waals surface area (Å²) >= 11 is 0. The molecule has 1 aliphatic rings. The maximum absolute atomic E-state index is 11.6. The van der Waals surface area contributed by atoms with Crippen LogP contribution in [0.25, 0.3) is 0 Å². The van der Waals surface area contributed by atoms with E-state index in [1.165, 1.54) is 20.0 Å². The summed E-state index contributed by atoms with van der Waals surface area (Å²) in [5, 5.41) is 3.36. The van der Waals surface area contributed by atoms with Gasteiger partial charge in [-0.2, -0.15) is 0 Å². The van der Waals surface area contributed by atoms with Crippen LogP contribution in [0.15, 0.2) is 6.07 Å². The van der Waals surface area contributed by atoms with Gasteiger partial charge in [0.25, 0.3) is 0 Å². The van der Waals surface area contributed by atoms with Gasteiger partial charge in [0.05, 0.1) is 7.11 Å². The first-order chi connectivity index (χ1) is 9.60. The number of anilines is 1. The average molecular weight is 278 g/mol. The molecule has 2 rings (SSSR count). The molecule has 0 atom stereocenters. The highest BCUT2D eigenvalue weighted by Gasteiger charge is 2.18. The van der Waals surface area contributed by atoms with E-state index in [4.69, 9.17) is 0 Å². The van der Waals surface area contributed by atoms with E-state index in [0.717, 1.165) is 31.1 Å². The Morgan fingerprint density at radius 2 is 2.15 bits per heavy atom. The van der Waals surface area contributed by atoms with Crippen molar-refractivity contribution < 1.29 is 9.53 Å². The van der Waals surface area contributed by atoms with Gasteiger partial charge in [-0.25, -0.2) is 14.8 Å². The molecule has 110 valence electrons. The number of carbonyl (C=O) groups is 1. The molecule has 1 saturated heterocycles. The number of piperidine rings is 1. The minimum absolute atomic E-state index is 0.125. The zero-order valence-corrected chi connectivity index (χ0v) is 12.3. The van der Waals surface area contributed by atoms with Gasteiger partial charge in [0.1, 0.15) is 5.82 Å². The van der Waals surface area contributed by atoms with Gasteiger partial charge in [0.15, 0.2) is 0 Å². The Morgan fingerprint density at radius 3 is 2.80 bits per heavy atom.